The van der Waals surface area contributed by atoms with E-state index in [2.05, 4.69) is 9.55 Å². The van der Waals surface area contributed by atoms with Crippen LogP contribution in [0.15, 0.2) is 18.2 Å². The van der Waals surface area contributed by atoms with E-state index in [1.807, 2.05) is 39.0 Å². The summed E-state index contributed by atoms with van der Waals surface area (Å²) in [4.78, 5) is 17.0. The van der Waals surface area contributed by atoms with Crippen molar-refractivity contribution in [1.29, 1.82) is 0 Å². The molecule has 1 aromatic heterocycles. The fourth-order valence-electron chi connectivity index (χ4n) is 2.62. The van der Waals surface area contributed by atoms with Crippen LogP contribution in [0.1, 0.15) is 45.5 Å². The molecule has 1 heterocycles. The lowest BCUT2D eigenvalue weighted by Crippen LogP contribution is -2.34. The Morgan fingerprint density at radius 2 is 2.19 bits per heavy atom. The third-order valence-corrected chi connectivity index (χ3v) is 4.14. The van der Waals surface area contributed by atoms with E-state index in [1.54, 1.807) is 0 Å². The van der Waals surface area contributed by atoms with E-state index in [1.165, 1.54) is 0 Å². The lowest BCUT2D eigenvalue weighted by atomic mass is 9.92. The van der Waals surface area contributed by atoms with E-state index < -0.39 is 5.41 Å². The lowest BCUT2D eigenvalue weighted by molar-refractivity contribution is -0.149. The summed E-state index contributed by atoms with van der Waals surface area (Å²) in [5, 5.41) is 0.656. The van der Waals surface area contributed by atoms with Crippen molar-refractivity contribution in [2.75, 3.05) is 6.61 Å². The number of nitrogens with zero attached hydrogens (tertiary/aromatic N) is 2. The van der Waals surface area contributed by atoms with Gasteiger partial charge in [0, 0.05) is 11.1 Å². The molecule has 112 valence electrons. The Bertz CT molecular complexity index is 702. The van der Waals surface area contributed by atoms with Gasteiger partial charge in [0.2, 0.25) is 0 Å². The number of carbonyl (C=O) groups is 1. The molecule has 0 unspecified atom stereocenters. The molecule has 0 radical (unpaired) electrons. The van der Waals surface area contributed by atoms with Crippen molar-refractivity contribution in [2.24, 2.45) is 0 Å². The van der Waals surface area contributed by atoms with Gasteiger partial charge in [-0.2, -0.15) is 0 Å². The Morgan fingerprint density at radius 1 is 1.48 bits per heavy atom. The van der Waals surface area contributed by atoms with Crippen LogP contribution >= 0.6 is 11.6 Å². The summed E-state index contributed by atoms with van der Waals surface area (Å²) >= 11 is 6.06. The second-order valence-electron chi connectivity index (χ2n) is 6.02. The average Bonchev–Trinajstić information content (AvgIpc) is 3.19. The van der Waals surface area contributed by atoms with E-state index in [0.29, 0.717) is 17.7 Å². The molecule has 1 aliphatic carbocycles. The molecule has 0 saturated heterocycles. The van der Waals surface area contributed by atoms with Crippen LogP contribution in [0.3, 0.4) is 0 Å². The Kier molecular flexibility index (Phi) is 3.44. The molecule has 1 aromatic carbocycles. The zero-order valence-electron chi connectivity index (χ0n) is 12.5. The first-order valence-corrected chi connectivity index (χ1v) is 7.68. The molecule has 21 heavy (non-hydrogen) atoms. The summed E-state index contributed by atoms with van der Waals surface area (Å²) in [5.41, 5.74) is 1.10. The molecular formula is C16H19ClN2O2. The van der Waals surface area contributed by atoms with Crippen LogP contribution in [0.25, 0.3) is 11.0 Å². The van der Waals surface area contributed by atoms with Crippen LogP contribution in [0.4, 0.5) is 0 Å². The summed E-state index contributed by atoms with van der Waals surface area (Å²) in [6, 6.07) is 6.12. The first-order valence-electron chi connectivity index (χ1n) is 7.30. The van der Waals surface area contributed by atoms with Gasteiger partial charge in [-0.3, -0.25) is 4.79 Å². The largest absolute Gasteiger partial charge is 0.465 e. The minimum Gasteiger partial charge on any atom is -0.465 e. The fraction of sp³-hybridized carbons (Fsp3) is 0.500. The number of esters is 1. The Hall–Kier alpha value is -1.55. The molecule has 1 saturated carbocycles. The molecule has 0 bridgehead atoms. The quantitative estimate of drug-likeness (QED) is 0.806. The number of ether oxygens (including phenoxy) is 1. The Morgan fingerprint density at radius 3 is 2.81 bits per heavy atom. The number of benzene rings is 1. The van der Waals surface area contributed by atoms with Crippen molar-refractivity contribution in [3.63, 3.8) is 0 Å². The van der Waals surface area contributed by atoms with Gasteiger partial charge in [-0.05, 0) is 51.8 Å². The smallest absolute Gasteiger partial charge is 0.319 e. The number of hydrogen-bond donors (Lipinski definition) is 0. The molecule has 0 aliphatic heterocycles. The topological polar surface area (TPSA) is 44.1 Å². The summed E-state index contributed by atoms with van der Waals surface area (Å²) in [5.74, 6) is 0.522. The maximum absolute atomic E-state index is 12.3. The molecule has 0 amide bonds. The van der Waals surface area contributed by atoms with Crippen LogP contribution < -0.4 is 0 Å². The number of halogens is 1. The molecule has 4 nitrogen and oxygen atoms in total. The maximum Gasteiger partial charge on any atom is 0.319 e. The van der Waals surface area contributed by atoms with Gasteiger partial charge in [-0.25, -0.2) is 4.98 Å². The SMILES string of the molecule is CCOC(=O)C(C)(C)c1nc2cc(Cl)ccc2n1C1CC1. The summed E-state index contributed by atoms with van der Waals surface area (Å²) in [7, 11) is 0. The number of hydrogen-bond acceptors (Lipinski definition) is 3. The van der Waals surface area contributed by atoms with Crippen molar-refractivity contribution < 1.29 is 9.53 Å². The van der Waals surface area contributed by atoms with E-state index in [0.717, 1.165) is 29.7 Å². The highest BCUT2D eigenvalue weighted by molar-refractivity contribution is 6.31. The molecule has 2 aromatic rings. The number of imidazole rings is 1. The predicted molar refractivity (Wildman–Crippen MR) is 82.7 cm³/mol. The standard InChI is InChI=1S/C16H19ClN2O2/c1-4-21-15(20)16(2,3)14-18-12-9-10(17)5-8-13(12)19(14)11-6-7-11/h5,8-9,11H,4,6-7H2,1-3H3. The van der Waals surface area contributed by atoms with Gasteiger partial charge < -0.3 is 9.30 Å². The summed E-state index contributed by atoms with van der Waals surface area (Å²) in [6.45, 7) is 5.93. The van der Waals surface area contributed by atoms with Crippen molar-refractivity contribution >= 4 is 28.6 Å². The first kappa shape index (κ1) is 14.4. The number of aromatic nitrogens is 2. The first-order chi connectivity index (χ1) is 9.95. The zero-order valence-corrected chi connectivity index (χ0v) is 13.3. The van der Waals surface area contributed by atoms with E-state index in [9.17, 15) is 4.79 Å². The predicted octanol–water partition coefficient (Wildman–Crippen LogP) is 3.87. The van der Waals surface area contributed by atoms with E-state index in [4.69, 9.17) is 16.3 Å². The molecular weight excluding hydrogens is 288 g/mol. The van der Waals surface area contributed by atoms with Gasteiger partial charge in [0.25, 0.3) is 0 Å². The number of carbonyl (C=O) groups excluding carboxylic acids is 1. The van der Waals surface area contributed by atoms with Gasteiger partial charge in [-0.1, -0.05) is 11.6 Å². The molecule has 0 atom stereocenters. The highest BCUT2D eigenvalue weighted by atomic mass is 35.5. The van der Waals surface area contributed by atoms with Gasteiger partial charge in [0.1, 0.15) is 11.2 Å². The molecule has 3 rings (SSSR count). The van der Waals surface area contributed by atoms with Crippen LogP contribution in [0.2, 0.25) is 5.02 Å². The van der Waals surface area contributed by atoms with Crippen LogP contribution in [0.5, 0.6) is 0 Å². The summed E-state index contributed by atoms with van der Waals surface area (Å²) in [6.07, 6.45) is 2.25. The van der Waals surface area contributed by atoms with Crippen molar-refractivity contribution in [2.45, 2.75) is 45.1 Å². The monoisotopic (exact) mass is 306 g/mol. The van der Waals surface area contributed by atoms with Crippen LogP contribution in [-0.2, 0) is 14.9 Å². The van der Waals surface area contributed by atoms with Gasteiger partial charge >= 0.3 is 5.97 Å². The third kappa shape index (κ3) is 2.42. The van der Waals surface area contributed by atoms with Gasteiger partial charge in [0.05, 0.1) is 17.6 Å². The second-order valence-corrected chi connectivity index (χ2v) is 6.45. The molecule has 0 spiro atoms. The van der Waals surface area contributed by atoms with E-state index >= 15 is 0 Å². The number of rotatable bonds is 4. The van der Waals surface area contributed by atoms with Crippen LogP contribution in [0, 0.1) is 0 Å². The fourth-order valence-corrected chi connectivity index (χ4v) is 2.78. The summed E-state index contributed by atoms with van der Waals surface area (Å²) < 4.78 is 7.40. The molecule has 1 aliphatic rings. The molecule has 1 fully saturated rings. The van der Waals surface area contributed by atoms with Gasteiger partial charge in [-0.15, -0.1) is 0 Å². The van der Waals surface area contributed by atoms with E-state index in [-0.39, 0.29) is 5.97 Å². The minimum atomic E-state index is -0.774. The second kappa shape index (κ2) is 5.02. The Balaban J connectivity index is 2.17. The molecule has 5 heteroatoms. The minimum absolute atomic E-state index is 0.242. The maximum atomic E-state index is 12.3. The van der Waals surface area contributed by atoms with Crippen molar-refractivity contribution in [1.82, 2.24) is 9.55 Å². The number of fused-ring (bicyclic) bond motifs is 1. The highest BCUT2D eigenvalue weighted by Gasteiger charge is 2.40. The normalized spacial score (nSPS) is 15.4. The van der Waals surface area contributed by atoms with Crippen LogP contribution in [-0.4, -0.2) is 22.1 Å². The third-order valence-electron chi connectivity index (χ3n) is 3.91. The highest BCUT2D eigenvalue weighted by Crippen LogP contribution is 2.42. The lowest BCUT2D eigenvalue weighted by Gasteiger charge is -2.23. The van der Waals surface area contributed by atoms with Gasteiger partial charge in [0.15, 0.2) is 0 Å². The Labute approximate surface area is 129 Å². The van der Waals surface area contributed by atoms with Crippen molar-refractivity contribution in [3.05, 3.63) is 29.0 Å². The molecule has 0 N–H and O–H groups in total. The zero-order chi connectivity index (χ0) is 15.2. The van der Waals surface area contributed by atoms with Crippen molar-refractivity contribution in [3.8, 4) is 0 Å². The average molecular weight is 307 g/mol.